The quantitative estimate of drug-likeness (QED) is 0.553. The number of hydrogen-bond donors (Lipinski definition) is 0. The molecule has 0 atom stereocenters. The van der Waals surface area contributed by atoms with Gasteiger partial charge in [-0.3, -0.25) is 4.79 Å². The number of carbonyl (C=O) groups is 1. The molecule has 3 aromatic carbocycles. The van der Waals surface area contributed by atoms with E-state index in [2.05, 4.69) is 54.6 Å². The van der Waals surface area contributed by atoms with Gasteiger partial charge in [0.25, 0.3) is 0 Å². The average Bonchev–Trinajstić information content (AvgIpc) is 3.09. The number of para-hydroxylation sites is 1. The Morgan fingerprint density at radius 2 is 1.46 bits per heavy atom. The number of esters is 1. The van der Waals surface area contributed by atoms with Gasteiger partial charge in [-0.05, 0) is 29.7 Å². The van der Waals surface area contributed by atoms with Gasteiger partial charge in [-0.1, -0.05) is 90.6 Å². The van der Waals surface area contributed by atoms with Gasteiger partial charge in [0.1, 0.15) is 0 Å². The van der Waals surface area contributed by atoms with Gasteiger partial charge in [0, 0.05) is 0 Å². The van der Waals surface area contributed by atoms with Crippen molar-refractivity contribution in [3.8, 4) is 0 Å². The fraction of sp³-hybridized carbons (Fsp3) is 0.167. The summed E-state index contributed by atoms with van der Waals surface area (Å²) in [7, 11) is 0. The third-order valence-electron chi connectivity index (χ3n) is 4.90. The highest BCUT2D eigenvalue weighted by molar-refractivity contribution is 8.14. The maximum atomic E-state index is 12.1. The van der Waals surface area contributed by atoms with Crippen LogP contribution in [0.1, 0.15) is 23.6 Å². The van der Waals surface area contributed by atoms with Crippen molar-refractivity contribution in [1.29, 1.82) is 0 Å². The fourth-order valence-corrected chi connectivity index (χ4v) is 4.83. The highest BCUT2D eigenvalue weighted by atomic mass is 32.2. The van der Waals surface area contributed by atoms with Crippen LogP contribution >= 0.6 is 11.8 Å². The molecule has 4 heteroatoms. The summed E-state index contributed by atoms with van der Waals surface area (Å²) in [4.78, 5) is 17.0. The number of nitrogens with zero attached hydrogens (tertiary/aromatic N) is 1. The topological polar surface area (TPSA) is 38.7 Å². The van der Waals surface area contributed by atoms with Crippen LogP contribution in [0.15, 0.2) is 89.9 Å². The molecule has 0 fully saturated rings. The highest BCUT2D eigenvalue weighted by Crippen LogP contribution is 2.51. The van der Waals surface area contributed by atoms with Crippen molar-refractivity contribution in [2.75, 3.05) is 12.4 Å². The van der Waals surface area contributed by atoms with Crippen molar-refractivity contribution in [3.63, 3.8) is 0 Å². The Labute approximate surface area is 169 Å². The average molecular weight is 388 g/mol. The third-order valence-corrected chi connectivity index (χ3v) is 5.95. The van der Waals surface area contributed by atoms with Crippen LogP contribution in [-0.2, 0) is 14.9 Å². The molecule has 3 nitrogen and oxygen atoms in total. The zero-order chi connectivity index (χ0) is 19.4. The molecule has 28 heavy (non-hydrogen) atoms. The Morgan fingerprint density at radius 3 is 2.07 bits per heavy atom. The lowest BCUT2D eigenvalue weighted by molar-refractivity contribution is -0.139. The van der Waals surface area contributed by atoms with Crippen LogP contribution in [0.25, 0.3) is 0 Å². The second-order valence-corrected chi connectivity index (χ2v) is 7.47. The van der Waals surface area contributed by atoms with Gasteiger partial charge in [0.15, 0.2) is 0 Å². The summed E-state index contributed by atoms with van der Waals surface area (Å²) in [5.74, 6) is 0.0170. The van der Waals surface area contributed by atoms with Crippen molar-refractivity contribution in [1.82, 2.24) is 0 Å². The molecule has 1 aliphatic rings. The van der Waals surface area contributed by atoms with Crippen molar-refractivity contribution in [2.24, 2.45) is 4.99 Å². The molecule has 0 amide bonds. The second kappa shape index (κ2) is 8.03. The molecule has 3 aromatic rings. The van der Waals surface area contributed by atoms with E-state index < -0.39 is 5.41 Å². The molecule has 0 unspecified atom stereocenters. The van der Waals surface area contributed by atoms with Crippen LogP contribution in [0.2, 0.25) is 0 Å². The van der Waals surface area contributed by atoms with Gasteiger partial charge < -0.3 is 4.74 Å². The summed E-state index contributed by atoms with van der Waals surface area (Å²) in [6, 6.07) is 29.0. The summed E-state index contributed by atoms with van der Waals surface area (Å²) in [5.41, 5.74) is 3.83. The van der Waals surface area contributed by atoms with Crippen molar-refractivity contribution < 1.29 is 9.53 Å². The van der Waals surface area contributed by atoms with Gasteiger partial charge >= 0.3 is 5.97 Å². The summed E-state index contributed by atoms with van der Waals surface area (Å²) in [6.07, 6.45) is 0. The minimum absolute atomic E-state index is 0.221. The summed E-state index contributed by atoms with van der Waals surface area (Å²) in [6.45, 7) is 2.21. The van der Waals surface area contributed by atoms with Gasteiger partial charge in [0.2, 0.25) is 0 Å². The molecule has 0 saturated heterocycles. The number of thioether (sulfide) groups is 1. The van der Waals surface area contributed by atoms with E-state index in [1.54, 1.807) is 0 Å². The van der Waals surface area contributed by atoms with E-state index in [9.17, 15) is 4.79 Å². The standard InChI is InChI=1S/C24H21NO2S/c1-2-27-22(26)17-28-23-24(18-11-5-3-6-12-18,19-13-7-4-8-14-19)20-15-9-10-16-21(20)25-23/h3-16H,2,17H2,1H3. The maximum Gasteiger partial charge on any atom is 0.316 e. The lowest BCUT2D eigenvalue weighted by atomic mass is 9.71. The number of aliphatic imine (C=N–C) groups is 1. The highest BCUT2D eigenvalue weighted by Gasteiger charge is 2.46. The van der Waals surface area contributed by atoms with Crippen molar-refractivity contribution in [2.45, 2.75) is 12.3 Å². The molecule has 0 saturated carbocycles. The molecule has 0 aromatic heterocycles. The Morgan fingerprint density at radius 1 is 0.893 bits per heavy atom. The van der Waals surface area contributed by atoms with E-state index in [1.165, 1.54) is 11.8 Å². The Kier molecular flexibility index (Phi) is 5.31. The SMILES string of the molecule is CCOC(=O)CSC1=Nc2ccccc2C1(c1ccccc1)c1ccccc1. The van der Waals surface area contributed by atoms with E-state index in [1.807, 2.05) is 37.3 Å². The van der Waals surface area contributed by atoms with Crippen molar-refractivity contribution >= 4 is 28.5 Å². The Bertz CT molecular complexity index is 960. The van der Waals surface area contributed by atoms with E-state index in [0.29, 0.717) is 6.61 Å². The molecule has 1 aliphatic heterocycles. The first-order chi connectivity index (χ1) is 13.8. The molecule has 0 bridgehead atoms. The number of fused-ring (bicyclic) bond motifs is 1. The molecule has 0 radical (unpaired) electrons. The van der Waals surface area contributed by atoms with Crippen LogP contribution in [0.4, 0.5) is 5.69 Å². The molecule has 0 N–H and O–H groups in total. The number of carbonyl (C=O) groups excluding carboxylic acids is 1. The minimum Gasteiger partial charge on any atom is -0.465 e. The van der Waals surface area contributed by atoms with Crippen LogP contribution in [-0.4, -0.2) is 23.4 Å². The first-order valence-electron chi connectivity index (χ1n) is 9.35. The molecular formula is C24H21NO2S. The predicted molar refractivity (Wildman–Crippen MR) is 115 cm³/mol. The maximum absolute atomic E-state index is 12.1. The summed E-state index contributed by atoms with van der Waals surface area (Å²) < 4.78 is 5.14. The number of benzene rings is 3. The van der Waals surface area contributed by atoms with Crippen LogP contribution in [0, 0.1) is 0 Å². The number of rotatable bonds is 5. The van der Waals surface area contributed by atoms with E-state index in [0.717, 1.165) is 27.4 Å². The monoisotopic (exact) mass is 387 g/mol. The van der Waals surface area contributed by atoms with Crippen LogP contribution in [0.3, 0.4) is 0 Å². The van der Waals surface area contributed by atoms with Crippen LogP contribution < -0.4 is 0 Å². The van der Waals surface area contributed by atoms with E-state index >= 15 is 0 Å². The van der Waals surface area contributed by atoms with Gasteiger partial charge in [-0.25, -0.2) is 4.99 Å². The van der Waals surface area contributed by atoms with Gasteiger partial charge in [0.05, 0.1) is 28.5 Å². The normalized spacial score (nSPS) is 14.2. The summed E-state index contributed by atoms with van der Waals surface area (Å²) in [5, 5.41) is 0.902. The predicted octanol–water partition coefficient (Wildman–Crippen LogP) is 5.36. The molecular weight excluding hydrogens is 366 g/mol. The first kappa shape index (κ1) is 18.5. The molecule has 0 aliphatic carbocycles. The zero-order valence-corrected chi connectivity index (χ0v) is 16.5. The third kappa shape index (κ3) is 3.14. The number of hydrogen-bond acceptors (Lipinski definition) is 4. The van der Waals surface area contributed by atoms with Gasteiger partial charge in [-0.2, -0.15) is 0 Å². The molecule has 0 spiro atoms. The number of ether oxygens (including phenoxy) is 1. The largest absolute Gasteiger partial charge is 0.465 e. The van der Waals surface area contributed by atoms with Gasteiger partial charge in [-0.15, -0.1) is 0 Å². The van der Waals surface area contributed by atoms with Crippen LogP contribution in [0.5, 0.6) is 0 Å². The molecule has 140 valence electrons. The van der Waals surface area contributed by atoms with E-state index in [4.69, 9.17) is 9.73 Å². The Balaban J connectivity index is 1.90. The molecule has 1 heterocycles. The lowest BCUT2D eigenvalue weighted by Crippen LogP contribution is -2.35. The second-order valence-electron chi connectivity index (χ2n) is 6.51. The first-order valence-corrected chi connectivity index (χ1v) is 10.3. The Hall–Kier alpha value is -2.85. The smallest absolute Gasteiger partial charge is 0.316 e. The molecule has 4 rings (SSSR count). The fourth-order valence-electron chi connectivity index (χ4n) is 3.77. The minimum atomic E-state index is -0.531. The van der Waals surface area contributed by atoms with E-state index in [-0.39, 0.29) is 11.7 Å². The summed E-state index contributed by atoms with van der Waals surface area (Å²) >= 11 is 1.46. The lowest BCUT2D eigenvalue weighted by Gasteiger charge is -2.33. The zero-order valence-electron chi connectivity index (χ0n) is 15.7. The van der Waals surface area contributed by atoms with Crippen molar-refractivity contribution in [3.05, 3.63) is 102 Å².